The van der Waals surface area contributed by atoms with E-state index in [0.29, 0.717) is 31.3 Å². The lowest BCUT2D eigenvalue weighted by Gasteiger charge is -2.14. The number of nitrogens with one attached hydrogen (secondary N) is 2. The topological polar surface area (TPSA) is 64.1 Å². The average molecular weight is 567 g/mol. The van der Waals surface area contributed by atoms with E-state index < -0.39 is 12.8 Å². The standard InChI is InChI=1S/C22H28F3N3O3.HI/c1-26-21(28-19-8-4-9-20(13-19)31-11-5-10-29-2)27-14-17-6-3-7-18(12-17)15-30-16-22(23,24)25;/h3-4,6-9,12-13H,5,10-11,14-16H2,1-2H3,(H2,26,27,28);1H. The van der Waals surface area contributed by atoms with Crippen LogP contribution in [0.1, 0.15) is 17.5 Å². The molecule has 2 rings (SSSR count). The van der Waals surface area contributed by atoms with Gasteiger partial charge in [-0.1, -0.05) is 30.3 Å². The predicted octanol–water partition coefficient (Wildman–Crippen LogP) is 4.99. The first-order valence-electron chi connectivity index (χ1n) is 9.81. The molecule has 10 heteroatoms. The molecule has 178 valence electrons. The van der Waals surface area contributed by atoms with Gasteiger partial charge in [0.25, 0.3) is 0 Å². The molecular weight excluding hydrogens is 538 g/mol. The van der Waals surface area contributed by atoms with Crippen molar-refractivity contribution < 1.29 is 27.4 Å². The first-order valence-corrected chi connectivity index (χ1v) is 9.81. The lowest BCUT2D eigenvalue weighted by molar-refractivity contribution is -0.176. The van der Waals surface area contributed by atoms with Crippen LogP contribution in [0.25, 0.3) is 0 Å². The van der Waals surface area contributed by atoms with Crippen LogP contribution >= 0.6 is 24.0 Å². The van der Waals surface area contributed by atoms with E-state index in [9.17, 15) is 13.2 Å². The summed E-state index contributed by atoms with van der Waals surface area (Å²) in [6.07, 6.45) is -3.53. The Hall–Kier alpha value is -2.05. The molecule has 0 radical (unpaired) electrons. The first kappa shape index (κ1) is 28.0. The van der Waals surface area contributed by atoms with E-state index in [1.807, 2.05) is 30.3 Å². The maximum atomic E-state index is 12.2. The van der Waals surface area contributed by atoms with E-state index in [1.54, 1.807) is 32.4 Å². The van der Waals surface area contributed by atoms with Crippen LogP contribution in [-0.4, -0.2) is 46.1 Å². The van der Waals surface area contributed by atoms with Crippen LogP contribution in [0.3, 0.4) is 0 Å². The Morgan fingerprint density at radius 3 is 2.50 bits per heavy atom. The fourth-order valence-corrected chi connectivity index (χ4v) is 2.67. The molecule has 0 aliphatic rings. The molecule has 0 amide bonds. The van der Waals surface area contributed by atoms with Crippen LogP contribution in [0.2, 0.25) is 0 Å². The molecule has 0 fully saturated rings. The third-order valence-corrected chi connectivity index (χ3v) is 4.07. The lowest BCUT2D eigenvalue weighted by Crippen LogP contribution is -2.30. The molecule has 0 aliphatic heterocycles. The van der Waals surface area contributed by atoms with Crippen LogP contribution in [0, 0.1) is 0 Å². The minimum atomic E-state index is -4.33. The number of guanidine groups is 1. The SMILES string of the molecule is CN=C(NCc1cccc(COCC(F)(F)F)c1)Nc1cccc(OCCCOC)c1.I. The fourth-order valence-electron chi connectivity index (χ4n) is 2.67. The van der Waals surface area contributed by atoms with Crippen molar-refractivity contribution in [1.82, 2.24) is 5.32 Å². The van der Waals surface area contributed by atoms with E-state index in [2.05, 4.69) is 15.6 Å². The van der Waals surface area contributed by atoms with Crippen LogP contribution < -0.4 is 15.4 Å². The van der Waals surface area contributed by atoms with Gasteiger partial charge in [-0.25, -0.2) is 0 Å². The van der Waals surface area contributed by atoms with E-state index >= 15 is 0 Å². The summed E-state index contributed by atoms with van der Waals surface area (Å²) in [6.45, 7) is 0.288. The summed E-state index contributed by atoms with van der Waals surface area (Å²) < 4.78 is 52.1. The van der Waals surface area contributed by atoms with Crippen molar-refractivity contribution in [3.8, 4) is 5.75 Å². The maximum Gasteiger partial charge on any atom is 0.411 e. The number of methoxy groups -OCH3 is 1. The molecule has 0 aliphatic carbocycles. The number of nitrogens with zero attached hydrogens (tertiary/aromatic N) is 1. The third kappa shape index (κ3) is 11.5. The Morgan fingerprint density at radius 1 is 1.03 bits per heavy atom. The Balaban J connectivity index is 0.00000512. The highest BCUT2D eigenvalue weighted by atomic mass is 127. The summed E-state index contributed by atoms with van der Waals surface area (Å²) in [6, 6.07) is 14.7. The van der Waals surface area contributed by atoms with Gasteiger partial charge in [0.05, 0.1) is 13.2 Å². The molecule has 0 atom stereocenters. The molecule has 0 bridgehead atoms. The zero-order chi connectivity index (χ0) is 22.5. The molecule has 0 unspecified atom stereocenters. The van der Waals surface area contributed by atoms with E-state index in [1.165, 1.54) is 0 Å². The van der Waals surface area contributed by atoms with Crippen molar-refractivity contribution in [2.45, 2.75) is 25.7 Å². The van der Waals surface area contributed by atoms with Crippen LogP contribution in [-0.2, 0) is 22.6 Å². The second-order valence-corrected chi connectivity index (χ2v) is 6.70. The number of alkyl halides is 3. The third-order valence-electron chi connectivity index (χ3n) is 4.07. The predicted molar refractivity (Wildman–Crippen MR) is 130 cm³/mol. The monoisotopic (exact) mass is 567 g/mol. The molecule has 32 heavy (non-hydrogen) atoms. The van der Waals surface area contributed by atoms with Crippen molar-refractivity contribution >= 4 is 35.6 Å². The molecule has 0 aromatic heterocycles. The summed E-state index contributed by atoms with van der Waals surface area (Å²) in [7, 11) is 3.31. The van der Waals surface area contributed by atoms with Gasteiger partial charge >= 0.3 is 6.18 Å². The normalized spacial score (nSPS) is 11.6. The minimum Gasteiger partial charge on any atom is -0.493 e. The minimum absolute atomic E-state index is 0. The zero-order valence-electron chi connectivity index (χ0n) is 18.1. The van der Waals surface area contributed by atoms with Gasteiger partial charge in [-0.3, -0.25) is 4.99 Å². The second kappa shape index (κ2) is 14.9. The number of ether oxygens (including phenoxy) is 3. The van der Waals surface area contributed by atoms with Crippen LogP contribution in [0.4, 0.5) is 18.9 Å². The average Bonchev–Trinajstić information content (AvgIpc) is 2.74. The van der Waals surface area contributed by atoms with Gasteiger partial charge < -0.3 is 24.8 Å². The highest BCUT2D eigenvalue weighted by Crippen LogP contribution is 2.18. The summed E-state index contributed by atoms with van der Waals surface area (Å²) in [5, 5.41) is 6.37. The van der Waals surface area contributed by atoms with Gasteiger partial charge in [-0.05, 0) is 23.3 Å². The van der Waals surface area contributed by atoms with E-state index in [-0.39, 0.29) is 30.6 Å². The van der Waals surface area contributed by atoms with Crippen molar-refractivity contribution in [3.63, 3.8) is 0 Å². The van der Waals surface area contributed by atoms with Crippen molar-refractivity contribution in [3.05, 3.63) is 59.7 Å². The van der Waals surface area contributed by atoms with Crippen molar-refractivity contribution in [2.24, 2.45) is 4.99 Å². The number of anilines is 1. The summed E-state index contributed by atoms with van der Waals surface area (Å²) in [5.41, 5.74) is 2.38. The smallest absolute Gasteiger partial charge is 0.411 e. The first-order chi connectivity index (χ1) is 14.9. The summed E-state index contributed by atoms with van der Waals surface area (Å²) in [5.74, 6) is 1.29. The molecule has 2 N–H and O–H groups in total. The maximum absolute atomic E-state index is 12.2. The largest absolute Gasteiger partial charge is 0.493 e. The zero-order valence-corrected chi connectivity index (χ0v) is 20.4. The molecule has 2 aromatic carbocycles. The molecule has 0 saturated heterocycles. The van der Waals surface area contributed by atoms with Gasteiger partial charge in [0.2, 0.25) is 0 Å². The highest BCUT2D eigenvalue weighted by Gasteiger charge is 2.27. The van der Waals surface area contributed by atoms with E-state index in [4.69, 9.17) is 14.2 Å². The number of halogens is 4. The lowest BCUT2D eigenvalue weighted by atomic mass is 10.1. The number of hydrogen-bond donors (Lipinski definition) is 2. The van der Waals surface area contributed by atoms with Gasteiger partial charge in [-0.15, -0.1) is 24.0 Å². The van der Waals surface area contributed by atoms with Gasteiger partial charge in [0.15, 0.2) is 5.96 Å². The van der Waals surface area contributed by atoms with E-state index in [0.717, 1.165) is 23.4 Å². The molecule has 0 saturated carbocycles. The Morgan fingerprint density at radius 2 is 1.78 bits per heavy atom. The molecular formula is C22H29F3IN3O3. The van der Waals surface area contributed by atoms with Crippen LogP contribution in [0.5, 0.6) is 5.75 Å². The van der Waals surface area contributed by atoms with Gasteiger partial charge in [0.1, 0.15) is 12.4 Å². The van der Waals surface area contributed by atoms with Crippen LogP contribution in [0.15, 0.2) is 53.5 Å². The summed E-state index contributed by atoms with van der Waals surface area (Å²) >= 11 is 0. The Bertz CT molecular complexity index is 835. The Labute approximate surface area is 203 Å². The van der Waals surface area contributed by atoms with Gasteiger partial charge in [0, 0.05) is 45.5 Å². The number of aliphatic imine (C=N–C) groups is 1. The number of rotatable bonds is 11. The highest BCUT2D eigenvalue weighted by molar-refractivity contribution is 14.0. The summed E-state index contributed by atoms with van der Waals surface area (Å²) in [4.78, 5) is 4.20. The fraction of sp³-hybridized carbons (Fsp3) is 0.409. The number of benzene rings is 2. The molecule has 2 aromatic rings. The molecule has 0 spiro atoms. The quantitative estimate of drug-likeness (QED) is 0.174. The molecule has 6 nitrogen and oxygen atoms in total. The Kier molecular flexibility index (Phi) is 13.0. The second-order valence-electron chi connectivity index (χ2n) is 6.70. The number of hydrogen-bond acceptors (Lipinski definition) is 4. The van der Waals surface area contributed by atoms with Gasteiger partial charge in [-0.2, -0.15) is 13.2 Å². The molecule has 0 heterocycles. The van der Waals surface area contributed by atoms with Crippen molar-refractivity contribution in [2.75, 3.05) is 39.3 Å². The van der Waals surface area contributed by atoms with Crippen molar-refractivity contribution in [1.29, 1.82) is 0 Å².